The number of hydrogen-bond donors (Lipinski definition) is 1. The Morgan fingerprint density at radius 2 is 1.58 bits per heavy atom. The fraction of sp³-hybridized carbons (Fsp3) is 0.846. The molecule has 1 rings (SSSR count). The van der Waals surface area contributed by atoms with Crippen LogP contribution in [0.4, 0.5) is 4.79 Å². The van der Waals surface area contributed by atoms with Crippen LogP contribution in [0, 0.1) is 0 Å². The van der Waals surface area contributed by atoms with Crippen molar-refractivity contribution in [3.05, 3.63) is 0 Å². The lowest BCUT2D eigenvalue weighted by Crippen LogP contribution is -2.52. The van der Waals surface area contributed by atoms with Gasteiger partial charge in [-0.1, -0.05) is 6.42 Å². The average Bonchev–Trinajstić information content (AvgIpc) is 2.42. The number of unbranched alkanes of at least 4 members (excludes halogenated alkanes) is 2. The molecular weight excluding hydrogens is 244 g/mol. The largest absolute Gasteiger partial charge is 0.339 e. The van der Waals surface area contributed by atoms with Gasteiger partial charge < -0.3 is 20.4 Å². The molecule has 3 amide bonds. The minimum absolute atomic E-state index is 0.0232. The van der Waals surface area contributed by atoms with E-state index in [1.165, 1.54) is 0 Å². The van der Waals surface area contributed by atoms with Gasteiger partial charge in [0, 0.05) is 46.7 Å². The summed E-state index contributed by atoms with van der Waals surface area (Å²) >= 11 is 0. The molecule has 0 bridgehead atoms. The molecule has 6 nitrogen and oxygen atoms in total. The van der Waals surface area contributed by atoms with Crippen LogP contribution < -0.4 is 5.73 Å². The first-order valence-corrected chi connectivity index (χ1v) is 7.00. The van der Waals surface area contributed by atoms with Crippen LogP contribution in [0.3, 0.4) is 0 Å². The maximum atomic E-state index is 12.0. The quantitative estimate of drug-likeness (QED) is 0.732. The molecule has 1 saturated heterocycles. The highest BCUT2D eigenvalue weighted by atomic mass is 16.2. The van der Waals surface area contributed by atoms with Gasteiger partial charge in [-0.3, -0.25) is 4.79 Å². The molecule has 1 fully saturated rings. The van der Waals surface area contributed by atoms with Crippen LogP contribution in [-0.4, -0.2) is 73.5 Å². The lowest BCUT2D eigenvalue weighted by atomic mass is 10.1. The lowest BCUT2D eigenvalue weighted by molar-refractivity contribution is -0.132. The summed E-state index contributed by atoms with van der Waals surface area (Å²) in [5.74, 6) is 0.203. The lowest BCUT2D eigenvalue weighted by Gasteiger charge is -2.36. The van der Waals surface area contributed by atoms with Crippen LogP contribution in [0.25, 0.3) is 0 Å². The summed E-state index contributed by atoms with van der Waals surface area (Å²) in [6.07, 6.45) is 3.51. The Morgan fingerprint density at radius 1 is 1.00 bits per heavy atom. The van der Waals surface area contributed by atoms with E-state index in [0.717, 1.165) is 19.3 Å². The number of carbonyl (C=O) groups is 2. The Balaban J connectivity index is 2.25. The summed E-state index contributed by atoms with van der Waals surface area (Å²) in [7, 11) is 3.49. The number of hydrogen-bond acceptors (Lipinski definition) is 3. The highest BCUT2D eigenvalue weighted by Crippen LogP contribution is 2.08. The fourth-order valence-corrected chi connectivity index (χ4v) is 2.19. The molecule has 0 aromatic carbocycles. The normalized spacial score (nSPS) is 15.5. The molecule has 0 spiro atoms. The zero-order chi connectivity index (χ0) is 14.3. The van der Waals surface area contributed by atoms with E-state index in [1.54, 1.807) is 23.9 Å². The van der Waals surface area contributed by atoms with Crippen molar-refractivity contribution in [3.63, 3.8) is 0 Å². The third-order valence-electron chi connectivity index (χ3n) is 3.38. The standard InChI is InChI=1S/C13H26N4O2/c1-15(2)13(19)17-10-8-16(9-11-17)12(18)6-4-3-5-7-14/h3-11,14H2,1-2H3. The number of amides is 3. The minimum Gasteiger partial charge on any atom is -0.339 e. The van der Waals surface area contributed by atoms with E-state index in [4.69, 9.17) is 5.73 Å². The molecule has 0 aliphatic carbocycles. The molecule has 1 heterocycles. The SMILES string of the molecule is CN(C)C(=O)N1CCN(C(=O)CCCCCN)CC1. The molecule has 6 heteroatoms. The Hall–Kier alpha value is -1.30. The summed E-state index contributed by atoms with van der Waals surface area (Å²) in [6.45, 7) is 3.25. The molecular formula is C13H26N4O2. The summed E-state index contributed by atoms with van der Waals surface area (Å²) in [6, 6.07) is 0.0232. The van der Waals surface area contributed by atoms with Crippen molar-refractivity contribution in [1.29, 1.82) is 0 Å². The Morgan fingerprint density at radius 3 is 2.11 bits per heavy atom. The van der Waals surface area contributed by atoms with Crippen molar-refractivity contribution in [2.75, 3.05) is 46.8 Å². The van der Waals surface area contributed by atoms with Gasteiger partial charge in [-0.25, -0.2) is 4.79 Å². The number of urea groups is 1. The minimum atomic E-state index is 0.0232. The van der Waals surface area contributed by atoms with Crippen molar-refractivity contribution in [2.45, 2.75) is 25.7 Å². The van der Waals surface area contributed by atoms with Gasteiger partial charge in [0.1, 0.15) is 0 Å². The number of rotatable bonds is 5. The molecule has 0 aromatic heterocycles. The van der Waals surface area contributed by atoms with E-state index in [9.17, 15) is 9.59 Å². The van der Waals surface area contributed by atoms with Gasteiger partial charge in [-0.05, 0) is 19.4 Å². The van der Waals surface area contributed by atoms with Gasteiger partial charge in [-0.15, -0.1) is 0 Å². The van der Waals surface area contributed by atoms with Crippen LogP contribution in [0.15, 0.2) is 0 Å². The van der Waals surface area contributed by atoms with E-state index in [0.29, 0.717) is 39.1 Å². The molecule has 2 N–H and O–H groups in total. The molecule has 19 heavy (non-hydrogen) atoms. The number of piperazine rings is 1. The molecule has 0 aromatic rings. The molecule has 1 aliphatic heterocycles. The van der Waals surface area contributed by atoms with E-state index >= 15 is 0 Å². The summed E-state index contributed by atoms with van der Waals surface area (Å²) in [5, 5.41) is 0. The van der Waals surface area contributed by atoms with Gasteiger partial charge in [0.25, 0.3) is 0 Å². The molecule has 1 aliphatic rings. The summed E-state index contributed by atoms with van der Waals surface area (Å²) in [5.41, 5.74) is 5.42. The predicted octanol–water partition coefficient (Wildman–Crippen LogP) is 0.331. The number of nitrogens with zero attached hydrogens (tertiary/aromatic N) is 3. The van der Waals surface area contributed by atoms with E-state index in [-0.39, 0.29) is 11.9 Å². The molecule has 0 atom stereocenters. The van der Waals surface area contributed by atoms with Crippen LogP contribution in [0.5, 0.6) is 0 Å². The van der Waals surface area contributed by atoms with Crippen LogP contribution >= 0.6 is 0 Å². The molecule has 110 valence electrons. The van der Waals surface area contributed by atoms with Crippen LogP contribution in [-0.2, 0) is 4.79 Å². The topological polar surface area (TPSA) is 69.9 Å². The molecule has 0 radical (unpaired) electrons. The first kappa shape index (κ1) is 15.8. The van der Waals surface area contributed by atoms with E-state index in [1.807, 2.05) is 4.90 Å². The third-order valence-corrected chi connectivity index (χ3v) is 3.38. The highest BCUT2D eigenvalue weighted by molar-refractivity contribution is 5.77. The van der Waals surface area contributed by atoms with Gasteiger partial charge in [0.2, 0.25) is 5.91 Å². The zero-order valence-corrected chi connectivity index (χ0v) is 12.1. The average molecular weight is 270 g/mol. The van der Waals surface area contributed by atoms with Crippen LogP contribution in [0.2, 0.25) is 0 Å². The Labute approximate surface area is 115 Å². The first-order chi connectivity index (χ1) is 9.06. The second kappa shape index (κ2) is 7.99. The van der Waals surface area contributed by atoms with Crippen LogP contribution in [0.1, 0.15) is 25.7 Å². The van der Waals surface area contributed by atoms with Gasteiger partial charge in [0.15, 0.2) is 0 Å². The van der Waals surface area contributed by atoms with Gasteiger partial charge in [-0.2, -0.15) is 0 Å². The van der Waals surface area contributed by atoms with E-state index < -0.39 is 0 Å². The van der Waals surface area contributed by atoms with Gasteiger partial charge >= 0.3 is 6.03 Å². The van der Waals surface area contributed by atoms with Crippen molar-refractivity contribution < 1.29 is 9.59 Å². The highest BCUT2D eigenvalue weighted by Gasteiger charge is 2.24. The van der Waals surface area contributed by atoms with Crippen molar-refractivity contribution in [1.82, 2.24) is 14.7 Å². The van der Waals surface area contributed by atoms with Crippen molar-refractivity contribution in [2.24, 2.45) is 5.73 Å². The zero-order valence-electron chi connectivity index (χ0n) is 12.1. The molecule has 0 unspecified atom stereocenters. The Bertz CT molecular complexity index is 299. The first-order valence-electron chi connectivity index (χ1n) is 7.00. The maximum Gasteiger partial charge on any atom is 0.319 e. The number of nitrogens with two attached hydrogens (primary N) is 1. The number of carbonyl (C=O) groups excluding carboxylic acids is 2. The monoisotopic (exact) mass is 270 g/mol. The Kier molecular flexibility index (Phi) is 6.62. The summed E-state index contributed by atoms with van der Waals surface area (Å²) in [4.78, 5) is 28.9. The third kappa shape index (κ3) is 5.06. The van der Waals surface area contributed by atoms with Crippen molar-refractivity contribution in [3.8, 4) is 0 Å². The smallest absolute Gasteiger partial charge is 0.319 e. The second-order valence-electron chi connectivity index (χ2n) is 5.14. The van der Waals surface area contributed by atoms with E-state index in [2.05, 4.69) is 0 Å². The maximum absolute atomic E-state index is 12.0. The second-order valence-corrected chi connectivity index (χ2v) is 5.14. The summed E-state index contributed by atoms with van der Waals surface area (Å²) < 4.78 is 0. The molecule has 0 saturated carbocycles. The van der Waals surface area contributed by atoms with Gasteiger partial charge in [0.05, 0.1) is 0 Å². The predicted molar refractivity (Wildman–Crippen MR) is 74.8 cm³/mol. The fourth-order valence-electron chi connectivity index (χ4n) is 2.19. The van der Waals surface area contributed by atoms with Crippen molar-refractivity contribution >= 4 is 11.9 Å².